The summed E-state index contributed by atoms with van der Waals surface area (Å²) in [6.45, 7) is 0. The van der Waals surface area contributed by atoms with Gasteiger partial charge in [0.25, 0.3) is 0 Å². The Morgan fingerprint density at radius 3 is 1.72 bits per heavy atom. The van der Waals surface area contributed by atoms with E-state index in [1.807, 2.05) is 0 Å². The molecule has 2 N–H and O–H groups in total. The fraction of sp³-hybridized carbons (Fsp3) is 0.571. The zero-order valence-electron chi connectivity index (χ0n) is 19.7. The molecule has 0 spiro atoms. The van der Waals surface area contributed by atoms with Crippen LogP contribution in [0.1, 0.15) is 12.8 Å². The molecule has 0 heterocycles. The second-order valence-corrected chi connectivity index (χ2v) is 16.6. The molecule has 6 nitrogen and oxygen atoms in total. The summed E-state index contributed by atoms with van der Waals surface area (Å²) < 4.78 is 53.7. The van der Waals surface area contributed by atoms with Crippen LogP contribution in [0, 0.1) is 59.2 Å². The normalized spacial score (nSPS) is 48.9. The van der Waals surface area contributed by atoms with Gasteiger partial charge < -0.3 is 10.2 Å². The highest BCUT2D eigenvalue weighted by Crippen LogP contribution is 2.86. The largest absolute Gasteiger partial charge is 0.392 e. The molecule has 0 aliphatic heterocycles. The molecule has 0 saturated heterocycles. The molecule has 36 heavy (non-hydrogen) atoms. The second-order valence-electron chi connectivity index (χ2n) is 12.2. The van der Waals surface area contributed by atoms with Crippen molar-refractivity contribution in [3.63, 3.8) is 0 Å². The summed E-state index contributed by atoms with van der Waals surface area (Å²) in [5.74, 6) is -0.160. The molecule has 6 aliphatic carbocycles. The maximum Gasteiger partial charge on any atom is 0.184 e. The number of aliphatic hydroxyl groups excluding tert-OH is 2. The summed E-state index contributed by atoms with van der Waals surface area (Å²) in [6.07, 6.45) is -0.591. The van der Waals surface area contributed by atoms with E-state index >= 15 is 0 Å². The van der Waals surface area contributed by atoms with Gasteiger partial charge >= 0.3 is 0 Å². The number of aliphatic hydroxyl groups is 2. The molecule has 6 aliphatic rings. The van der Waals surface area contributed by atoms with Crippen LogP contribution >= 0.6 is 0 Å². The van der Waals surface area contributed by atoms with E-state index in [0.29, 0.717) is 17.7 Å². The minimum absolute atomic E-state index is 0.0187. The molecule has 2 bridgehead atoms. The first-order valence-electron chi connectivity index (χ1n) is 13.2. The van der Waals surface area contributed by atoms with Gasteiger partial charge in [-0.05, 0) is 84.5 Å². The number of benzene rings is 2. The van der Waals surface area contributed by atoms with Crippen molar-refractivity contribution in [3.05, 3.63) is 60.7 Å². The van der Waals surface area contributed by atoms with Gasteiger partial charge in [0.15, 0.2) is 19.7 Å². The van der Waals surface area contributed by atoms with Crippen molar-refractivity contribution < 1.29 is 27.0 Å². The Morgan fingerprint density at radius 2 is 1.19 bits per heavy atom. The minimum Gasteiger partial charge on any atom is -0.392 e. The fourth-order valence-corrected chi connectivity index (χ4v) is 15.2. The quantitative estimate of drug-likeness (QED) is 0.599. The molecule has 2 aromatic carbocycles. The van der Waals surface area contributed by atoms with Crippen molar-refractivity contribution in [2.45, 2.75) is 39.6 Å². The van der Waals surface area contributed by atoms with Crippen molar-refractivity contribution in [3.8, 4) is 0 Å². The van der Waals surface area contributed by atoms with Gasteiger partial charge in [-0.25, -0.2) is 16.8 Å². The molecule has 2 aromatic rings. The van der Waals surface area contributed by atoms with E-state index in [-0.39, 0.29) is 69.8 Å². The maximum absolute atomic E-state index is 14.3. The van der Waals surface area contributed by atoms with Crippen LogP contribution in [0.5, 0.6) is 0 Å². The molecule has 0 aromatic heterocycles. The number of fused-ring (bicyclic) bond motifs is 3. The monoisotopic (exact) mass is 526 g/mol. The molecule has 8 heteroatoms. The van der Waals surface area contributed by atoms with E-state index in [4.69, 9.17) is 0 Å². The van der Waals surface area contributed by atoms with Gasteiger partial charge in [0, 0.05) is 11.8 Å². The van der Waals surface area contributed by atoms with Gasteiger partial charge in [-0.15, -0.1) is 0 Å². The van der Waals surface area contributed by atoms with Crippen LogP contribution < -0.4 is 0 Å². The lowest BCUT2D eigenvalue weighted by molar-refractivity contribution is -0.0401. The summed E-state index contributed by atoms with van der Waals surface area (Å²) in [4.78, 5) is 0.590. The predicted molar refractivity (Wildman–Crippen MR) is 131 cm³/mol. The average Bonchev–Trinajstić information content (AvgIpc) is 3.66. The highest BCUT2D eigenvalue weighted by Gasteiger charge is 2.90. The number of hydrogen-bond donors (Lipinski definition) is 2. The first-order chi connectivity index (χ1) is 17.2. The first-order valence-corrected chi connectivity index (χ1v) is 16.3. The van der Waals surface area contributed by atoms with Crippen LogP contribution in [0.4, 0.5) is 0 Å². The molecular weight excluding hydrogens is 496 g/mol. The minimum atomic E-state index is -3.78. The van der Waals surface area contributed by atoms with Crippen LogP contribution in [0.2, 0.25) is 0 Å². The van der Waals surface area contributed by atoms with Gasteiger partial charge in [-0.2, -0.15) is 0 Å². The SMILES string of the molecule is O=S(=O)(CCC1[C@@H]2[C@@H](O)[C@H]3[C@H]4C5CC3(S(=O)(=O)c3ccccc3)[C@@H]3[C@@H](O)[C@H]1[C@H]([C@@H]53)[C@H]24)c1ccccc1. The summed E-state index contributed by atoms with van der Waals surface area (Å²) in [5.41, 5.74) is 0. The number of sulfone groups is 2. The lowest BCUT2D eigenvalue weighted by Crippen LogP contribution is -2.58. The van der Waals surface area contributed by atoms with Gasteiger partial charge in [-0.1, -0.05) is 36.4 Å². The van der Waals surface area contributed by atoms with Crippen molar-refractivity contribution in [2.24, 2.45) is 59.2 Å². The van der Waals surface area contributed by atoms with Crippen LogP contribution in [0.15, 0.2) is 70.5 Å². The van der Waals surface area contributed by atoms with Crippen molar-refractivity contribution in [1.82, 2.24) is 0 Å². The maximum atomic E-state index is 14.3. The third-order valence-corrected chi connectivity index (χ3v) is 16.0. The van der Waals surface area contributed by atoms with E-state index < -0.39 is 36.6 Å². The molecular formula is C28H30O6S2. The van der Waals surface area contributed by atoms with Crippen LogP contribution in [-0.4, -0.2) is 49.8 Å². The zero-order chi connectivity index (χ0) is 24.8. The second kappa shape index (κ2) is 6.82. The van der Waals surface area contributed by atoms with Gasteiger partial charge in [0.1, 0.15) is 0 Å². The lowest BCUT2D eigenvalue weighted by atomic mass is 9.68. The Labute approximate surface area is 211 Å². The average molecular weight is 527 g/mol. The third kappa shape index (κ3) is 2.25. The molecule has 8 rings (SSSR count). The Bertz CT molecular complexity index is 1420. The summed E-state index contributed by atoms with van der Waals surface area (Å²) in [6, 6.07) is 17.0. The molecule has 190 valence electrons. The van der Waals surface area contributed by atoms with Crippen molar-refractivity contribution >= 4 is 19.7 Å². The standard InChI is InChI=1S/C28H30O6S2/c29-26-20-16(11-12-35(31,32)14-7-3-1-4-8-14)21-23-19-17-13-28(25(19)27(21)30,24(26)18(17)22(20)23)36(33,34)15-9-5-2-6-10-15/h1-10,16-27,29-30H,11-13H2/t16?,17?,18-,19+,20-,21+,22-,23-,24+,25-,26+,27-,28?/m0/s1. The predicted octanol–water partition coefficient (Wildman–Crippen LogP) is 2.42. The Kier molecular flexibility index (Phi) is 4.22. The molecule has 13 atom stereocenters. The first kappa shape index (κ1) is 22.3. The van der Waals surface area contributed by atoms with Gasteiger partial charge in [0.05, 0.1) is 32.5 Å². The molecule has 6 saturated carbocycles. The molecule has 0 amide bonds. The Balaban J connectivity index is 1.20. The molecule has 6 fully saturated rings. The smallest absolute Gasteiger partial charge is 0.184 e. The summed E-state index contributed by atoms with van der Waals surface area (Å²) >= 11 is 0. The summed E-state index contributed by atoms with van der Waals surface area (Å²) in [5, 5.41) is 23.6. The topological polar surface area (TPSA) is 109 Å². The highest BCUT2D eigenvalue weighted by molar-refractivity contribution is 7.93. The van der Waals surface area contributed by atoms with E-state index in [1.54, 1.807) is 60.7 Å². The lowest BCUT2D eigenvalue weighted by Gasteiger charge is -2.47. The van der Waals surface area contributed by atoms with Crippen LogP contribution in [0.3, 0.4) is 0 Å². The van der Waals surface area contributed by atoms with Gasteiger partial charge in [0.2, 0.25) is 0 Å². The van der Waals surface area contributed by atoms with E-state index in [1.165, 1.54) is 0 Å². The van der Waals surface area contributed by atoms with Crippen LogP contribution in [0.25, 0.3) is 0 Å². The Hall–Kier alpha value is -1.74. The van der Waals surface area contributed by atoms with Gasteiger partial charge in [-0.3, -0.25) is 0 Å². The number of hydrogen-bond acceptors (Lipinski definition) is 6. The Morgan fingerprint density at radius 1 is 0.694 bits per heavy atom. The summed E-state index contributed by atoms with van der Waals surface area (Å²) in [7, 11) is -7.25. The van der Waals surface area contributed by atoms with Crippen molar-refractivity contribution in [2.75, 3.05) is 5.75 Å². The van der Waals surface area contributed by atoms with E-state index in [0.717, 1.165) is 0 Å². The van der Waals surface area contributed by atoms with Crippen LogP contribution in [-0.2, 0) is 19.7 Å². The van der Waals surface area contributed by atoms with E-state index in [2.05, 4.69) is 0 Å². The third-order valence-electron chi connectivity index (χ3n) is 11.6. The van der Waals surface area contributed by atoms with E-state index in [9.17, 15) is 27.0 Å². The molecule has 3 unspecified atom stereocenters. The fourth-order valence-electron chi connectivity index (χ4n) is 11.2. The van der Waals surface area contributed by atoms with Crippen molar-refractivity contribution in [1.29, 1.82) is 0 Å². The number of rotatable bonds is 6. The highest BCUT2D eigenvalue weighted by atomic mass is 32.2. The molecule has 0 radical (unpaired) electrons. The zero-order valence-corrected chi connectivity index (χ0v) is 21.3.